The fourth-order valence-electron chi connectivity index (χ4n) is 0.917. The molecule has 0 aliphatic heterocycles. The van der Waals surface area contributed by atoms with Gasteiger partial charge in [0.15, 0.2) is 0 Å². The summed E-state index contributed by atoms with van der Waals surface area (Å²) in [6, 6.07) is 11.3. The predicted molar refractivity (Wildman–Crippen MR) is 90.3 cm³/mol. The summed E-state index contributed by atoms with van der Waals surface area (Å²) in [5, 5.41) is 0. The van der Waals surface area contributed by atoms with Crippen LogP contribution >= 0.6 is 9.39 Å². The molecule has 0 heterocycles. The first-order valence-electron chi connectivity index (χ1n) is 6.01. The Hall–Kier alpha value is -0.682. The van der Waals surface area contributed by atoms with Crippen molar-refractivity contribution in [3.63, 3.8) is 0 Å². The maximum absolute atomic E-state index is 7.75. The van der Waals surface area contributed by atoms with Gasteiger partial charge in [0.25, 0.3) is 0 Å². The Morgan fingerprint density at radius 3 is 1.00 bits per heavy atom. The molecule has 0 bridgehead atoms. The van der Waals surface area contributed by atoms with Crippen LogP contribution in [0.1, 0.15) is 27.7 Å². The normalized spacial score (nSPS) is 5.56. The van der Waals surface area contributed by atoms with Gasteiger partial charge in [0.1, 0.15) is 0 Å². The molecule has 7 nitrogen and oxygen atoms in total. The van der Waals surface area contributed by atoms with Gasteiger partial charge in [-0.1, -0.05) is 9.39 Å². The van der Waals surface area contributed by atoms with Crippen LogP contribution in [0, 0.1) is 33.3 Å². The number of rotatable bonds is 2. The van der Waals surface area contributed by atoms with Crippen LogP contribution in [0.4, 0.5) is 0 Å². The quantitative estimate of drug-likeness (QED) is 0.196. The Morgan fingerprint density at radius 2 is 0.963 bits per heavy atom. The predicted octanol–water partition coefficient (Wildman–Crippen LogP) is 2.83. The van der Waals surface area contributed by atoms with Crippen LogP contribution in [0.15, 0.2) is 30.3 Å². The maximum Gasteiger partial charge on any atom is 4.00 e. The van der Waals surface area contributed by atoms with Crippen molar-refractivity contribution >= 4 is 16.2 Å². The van der Waals surface area contributed by atoms with E-state index >= 15 is 0 Å². The molecular weight excluding hydrogens is 497 g/mol. The molecule has 27 heavy (non-hydrogen) atoms. The largest absolute Gasteiger partial charge is 4.00 e. The van der Waals surface area contributed by atoms with Crippen molar-refractivity contribution in [3.05, 3.63) is 63.6 Å². The van der Waals surface area contributed by atoms with E-state index in [1.165, 1.54) is 0 Å². The van der Waals surface area contributed by atoms with Crippen LogP contribution in [0.5, 0.6) is 0 Å². The monoisotopic (exact) mass is 521 g/mol. The zero-order valence-corrected chi connectivity index (χ0v) is 19.6. The third-order valence-corrected chi connectivity index (χ3v) is 2.94. The van der Waals surface area contributed by atoms with Gasteiger partial charge in [0.2, 0.25) is 0 Å². The summed E-state index contributed by atoms with van der Waals surface area (Å²) in [6.45, 7) is 34.5. The minimum absolute atomic E-state index is 0. The summed E-state index contributed by atoms with van der Waals surface area (Å²) in [7, 11) is 2.72. The molecule has 0 N–H and O–H groups in total. The van der Waals surface area contributed by atoms with E-state index in [-0.39, 0.29) is 38.1 Å². The Bertz CT molecular complexity index is 332. The molecule has 0 fully saturated rings. The molecule has 0 radical (unpaired) electrons. The third kappa shape index (κ3) is 90.7. The summed E-state index contributed by atoms with van der Waals surface area (Å²) < 4.78 is 39.8. The Kier molecular flexibility index (Phi) is 176. The standard InChI is InChI=1S/C6H16NP.C5H5.CHO.5CO.Fe.Mo/c1-5(2)7(8)6(3)4;1-2-4-5-3-1;6*1-2;;/h5-6H,8H2,1-4H3;1-5H;1H;;;;;;;/q;2*-1;;;;;;;+4. The number of nitrogens with zero attached hydrogens (tertiary/aromatic N) is 1. The molecule has 0 amide bonds. The van der Waals surface area contributed by atoms with Crippen molar-refractivity contribution < 1.29 is 66.2 Å². The Morgan fingerprint density at radius 1 is 0.778 bits per heavy atom. The second-order valence-corrected chi connectivity index (χ2v) is 4.19. The summed E-state index contributed by atoms with van der Waals surface area (Å²) in [4.78, 5) is 7.75. The summed E-state index contributed by atoms with van der Waals surface area (Å²) in [5.41, 5.74) is 0. The molecule has 148 valence electrons. The first-order chi connectivity index (χ1) is 12.1. The molecule has 1 atom stereocenters. The molecule has 0 spiro atoms. The maximum atomic E-state index is 7.75. The van der Waals surface area contributed by atoms with Crippen molar-refractivity contribution in [3.8, 4) is 0 Å². The van der Waals surface area contributed by atoms with Crippen LogP contribution in [-0.2, 0) is 66.2 Å². The van der Waals surface area contributed by atoms with Gasteiger partial charge in [-0.3, -0.25) is 11.5 Å². The second-order valence-electron chi connectivity index (χ2n) is 3.60. The van der Waals surface area contributed by atoms with E-state index in [9.17, 15) is 0 Å². The molecule has 0 saturated heterocycles. The van der Waals surface area contributed by atoms with Crippen molar-refractivity contribution in [2.75, 3.05) is 0 Å². The SMILES string of the molecule is CC(C)N(P)C(C)C.[C-]#[O+].[C-]#[O+].[C-]#[O+].[C-]#[O+].[C-]#[O+].[CH-]=O.[Fe].[Mo+4].c1cc[cH-]c1. The van der Waals surface area contributed by atoms with Gasteiger partial charge in [0.05, 0.1) is 0 Å². The molecule has 1 rings (SSSR count). The third-order valence-electron chi connectivity index (χ3n) is 1.75. The van der Waals surface area contributed by atoms with Gasteiger partial charge >= 0.3 is 77.6 Å². The van der Waals surface area contributed by atoms with Crippen LogP contribution < -0.4 is 0 Å². The minimum atomic E-state index is 0. The van der Waals surface area contributed by atoms with E-state index in [0.29, 0.717) is 12.1 Å². The number of carbonyl (C=O) groups excluding carboxylic acids is 1. The van der Waals surface area contributed by atoms with E-state index in [1.807, 2.05) is 30.3 Å². The van der Waals surface area contributed by atoms with Gasteiger partial charge in [-0.25, -0.2) is 12.1 Å². The van der Waals surface area contributed by atoms with Gasteiger partial charge in [0, 0.05) is 29.2 Å². The van der Waals surface area contributed by atoms with E-state index in [4.69, 9.17) is 28.1 Å². The van der Waals surface area contributed by atoms with E-state index in [1.54, 1.807) is 0 Å². The average molecular weight is 519 g/mol. The fourth-order valence-corrected chi connectivity index (χ4v) is 0.917. The minimum Gasteiger partial charge on any atom is -0.545 e. The smallest absolute Gasteiger partial charge is 0.545 e. The van der Waals surface area contributed by atoms with Gasteiger partial charge in [-0.2, -0.15) is 18.2 Å². The molecule has 0 aliphatic rings. The van der Waals surface area contributed by atoms with Crippen molar-refractivity contribution in [2.45, 2.75) is 39.8 Å². The molecular formula is C17H22FeMoNO6P+2. The van der Waals surface area contributed by atoms with Gasteiger partial charge in [-0.15, -0.1) is 0 Å². The first kappa shape index (κ1) is 56.2. The van der Waals surface area contributed by atoms with Gasteiger partial charge < -0.3 is 4.79 Å². The average Bonchev–Trinajstić information content (AvgIpc) is 3.30. The summed E-state index contributed by atoms with van der Waals surface area (Å²) in [5.74, 6) is 0. The molecule has 1 aromatic carbocycles. The second kappa shape index (κ2) is 84.4. The van der Waals surface area contributed by atoms with E-state index in [2.05, 4.69) is 81.8 Å². The van der Waals surface area contributed by atoms with Crippen LogP contribution in [0.2, 0.25) is 0 Å². The molecule has 1 aromatic rings. The molecule has 0 aromatic heterocycles. The number of hydrogen-bond acceptors (Lipinski definition) is 2. The van der Waals surface area contributed by atoms with E-state index in [0.717, 1.165) is 0 Å². The molecule has 1 unspecified atom stereocenters. The van der Waals surface area contributed by atoms with Gasteiger partial charge in [-0.05, 0) is 27.7 Å². The number of hydrogen-bond donors (Lipinski definition) is 0. The van der Waals surface area contributed by atoms with E-state index < -0.39 is 0 Å². The summed E-state index contributed by atoms with van der Waals surface area (Å²) in [6.07, 6.45) is 0. The van der Waals surface area contributed by atoms with Crippen molar-refractivity contribution in [2.24, 2.45) is 0 Å². The zero-order chi connectivity index (χ0) is 22.3. The summed E-state index contributed by atoms with van der Waals surface area (Å²) >= 11 is 0. The zero-order valence-electron chi connectivity index (χ0n) is 15.4. The van der Waals surface area contributed by atoms with Crippen LogP contribution in [0.3, 0.4) is 0 Å². The molecule has 0 aliphatic carbocycles. The Labute approximate surface area is 190 Å². The van der Waals surface area contributed by atoms with Crippen molar-refractivity contribution in [1.82, 2.24) is 4.67 Å². The molecule has 0 saturated carbocycles. The fraction of sp³-hybridized carbons (Fsp3) is 0.353. The van der Waals surface area contributed by atoms with Crippen LogP contribution in [-0.4, -0.2) is 23.5 Å². The van der Waals surface area contributed by atoms with Crippen LogP contribution in [0.25, 0.3) is 0 Å². The Balaban J connectivity index is -0.0000000215. The first-order valence-corrected chi connectivity index (χ1v) is 6.52. The topological polar surface area (TPSA) is 120 Å². The molecule has 10 heteroatoms. The van der Waals surface area contributed by atoms with Crippen molar-refractivity contribution in [1.29, 1.82) is 0 Å².